The molecule has 4 atom stereocenters. The van der Waals surface area contributed by atoms with E-state index in [1.54, 1.807) is 19.3 Å². The van der Waals surface area contributed by atoms with Crippen molar-refractivity contribution in [3.63, 3.8) is 0 Å². The van der Waals surface area contributed by atoms with E-state index in [2.05, 4.69) is 13.0 Å². The predicted octanol–water partition coefficient (Wildman–Crippen LogP) is 4.56. The summed E-state index contributed by atoms with van der Waals surface area (Å²) in [5, 5.41) is 0. The third kappa shape index (κ3) is 1.57. The molecule has 2 bridgehead atoms. The van der Waals surface area contributed by atoms with Gasteiger partial charge in [0, 0.05) is 0 Å². The first-order valence-corrected chi connectivity index (χ1v) is 7.10. The highest BCUT2D eigenvalue weighted by molar-refractivity contribution is 5.29. The lowest BCUT2D eigenvalue weighted by atomic mass is 9.65. The Bertz CT molecular complexity index is 263. The zero-order valence-corrected chi connectivity index (χ0v) is 10.0. The van der Waals surface area contributed by atoms with Crippen molar-refractivity contribution < 1.29 is 0 Å². The van der Waals surface area contributed by atoms with Crippen molar-refractivity contribution in [2.75, 3.05) is 0 Å². The van der Waals surface area contributed by atoms with Crippen LogP contribution in [0.4, 0.5) is 0 Å². The summed E-state index contributed by atoms with van der Waals surface area (Å²) in [6, 6.07) is 0. The Balaban J connectivity index is 1.49. The molecule has 3 aliphatic carbocycles. The van der Waals surface area contributed by atoms with Crippen LogP contribution in [0.1, 0.15) is 58.3 Å². The number of hydrogen-bond acceptors (Lipinski definition) is 0. The normalized spacial score (nSPS) is 41.3. The lowest BCUT2D eigenvalue weighted by Gasteiger charge is -2.39. The molecule has 0 heterocycles. The van der Waals surface area contributed by atoms with Crippen LogP contribution in [0.5, 0.6) is 0 Å². The average molecular weight is 204 g/mol. The molecule has 0 radical (unpaired) electrons. The number of fused-ring (bicyclic) bond motifs is 5. The van der Waals surface area contributed by atoms with Gasteiger partial charge < -0.3 is 0 Å². The second kappa shape index (κ2) is 3.96. The molecule has 0 N–H and O–H groups in total. The number of unbranched alkanes of at least 4 members (excludes halogenated alkanes) is 3. The fourth-order valence-electron chi connectivity index (χ4n) is 4.37. The summed E-state index contributed by atoms with van der Waals surface area (Å²) >= 11 is 0. The van der Waals surface area contributed by atoms with Crippen LogP contribution in [0, 0.1) is 23.7 Å². The van der Waals surface area contributed by atoms with Gasteiger partial charge in [0.1, 0.15) is 0 Å². The molecule has 0 spiro atoms. The van der Waals surface area contributed by atoms with E-state index >= 15 is 0 Å². The van der Waals surface area contributed by atoms with Gasteiger partial charge in [-0.25, -0.2) is 0 Å². The van der Waals surface area contributed by atoms with Gasteiger partial charge in [0.2, 0.25) is 0 Å². The minimum absolute atomic E-state index is 1.05. The summed E-state index contributed by atoms with van der Waals surface area (Å²) < 4.78 is 0. The van der Waals surface area contributed by atoms with Crippen LogP contribution >= 0.6 is 0 Å². The second-order valence-electron chi connectivity index (χ2n) is 5.99. The summed E-state index contributed by atoms with van der Waals surface area (Å²) in [6.07, 6.45) is 14.5. The Morgan fingerprint density at radius 1 is 1.13 bits per heavy atom. The molecule has 2 fully saturated rings. The van der Waals surface area contributed by atoms with Gasteiger partial charge in [-0.15, -0.1) is 0 Å². The fraction of sp³-hybridized carbons (Fsp3) is 0.867. The SMILES string of the molecule is CCCCCCC1=CC2C3CCC(C3)C12. The summed E-state index contributed by atoms with van der Waals surface area (Å²) in [5.41, 5.74) is 1.86. The van der Waals surface area contributed by atoms with E-state index in [0.717, 1.165) is 23.7 Å². The van der Waals surface area contributed by atoms with Gasteiger partial charge in [0.25, 0.3) is 0 Å². The Hall–Kier alpha value is -0.260. The van der Waals surface area contributed by atoms with Crippen molar-refractivity contribution in [1.29, 1.82) is 0 Å². The van der Waals surface area contributed by atoms with Gasteiger partial charge in [-0.1, -0.05) is 37.8 Å². The van der Waals surface area contributed by atoms with Gasteiger partial charge >= 0.3 is 0 Å². The van der Waals surface area contributed by atoms with Crippen LogP contribution in [0.15, 0.2) is 11.6 Å². The molecule has 0 aromatic carbocycles. The van der Waals surface area contributed by atoms with Crippen molar-refractivity contribution in [2.24, 2.45) is 23.7 Å². The lowest BCUT2D eigenvalue weighted by Crippen LogP contribution is -2.30. The van der Waals surface area contributed by atoms with Crippen LogP contribution < -0.4 is 0 Å². The smallest absolute Gasteiger partial charge is 0.0109 e. The van der Waals surface area contributed by atoms with E-state index in [-0.39, 0.29) is 0 Å². The van der Waals surface area contributed by atoms with Crippen LogP contribution in [0.3, 0.4) is 0 Å². The molecular formula is C15H24. The largest absolute Gasteiger partial charge is 0.0810 e. The molecule has 0 aromatic heterocycles. The maximum atomic E-state index is 2.65. The Morgan fingerprint density at radius 3 is 2.80 bits per heavy atom. The zero-order chi connectivity index (χ0) is 10.3. The van der Waals surface area contributed by atoms with Gasteiger partial charge in [0.15, 0.2) is 0 Å². The zero-order valence-electron chi connectivity index (χ0n) is 10.0. The first kappa shape index (κ1) is 9.93. The highest BCUT2D eigenvalue weighted by Gasteiger charge is 2.51. The molecule has 3 aliphatic rings. The molecule has 0 nitrogen and oxygen atoms in total. The topological polar surface area (TPSA) is 0 Å². The lowest BCUT2D eigenvalue weighted by molar-refractivity contribution is 0.257. The average Bonchev–Trinajstić information content (AvgIpc) is 2.73. The highest BCUT2D eigenvalue weighted by Crippen LogP contribution is 2.61. The first-order chi connectivity index (χ1) is 7.40. The molecule has 0 saturated heterocycles. The van der Waals surface area contributed by atoms with Crippen LogP contribution in [0.2, 0.25) is 0 Å². The second-order valence-corrected chi connectivity index (χ2v) is 5.99. The molecule has 15 heavy (non-hydrogen) atoms. The number of rotatable bonds is 5. The van der Waals surface area contributed by atoms with Crippen molar-refractivity contribution in [3.05, 3.63) is 11.6 Å². The quantitative estimate of drug-likeness (QED) is 0.455. The highest BCUT2D eigenvalue weighted by atomic mass is 14.6. The summed E-state index contributed by atoms with van der Waals surface area (Å²) in [6.45, 7) is 2.30. The van der Waals surface area contributed by atoms with E-state index in [4.69, 9.17) is 0 Å². The maximum Gasteiger partial charge on any atom is -0.0109 e. The van der Waals surface area contributed by atoms with E-state index < -0.39 is 0 Å². The Kier molecular flexibility index (Phi) is 2.62. The van der Waals surface area contributed by atoms with Crippen LogP contribution in [0.25, 0.3) is 0 Å². The number of allylic oxidation sites excluding steroid dienone is 2. The maximum absolute atomic E-state index is 2.65. The predicted molar refractivity (Wildman–Crippen MR) is 64.7 cm³/mol. The van der Waals surface area contributed by atoms with Gasteiger partial charge in [-0.05, 0) is 55.8 Å². The standard InChI is InChI=1S/C15H24/c1-2-3-4-5-6-12-10-14-11-7-8-13(9-11)15(12)14/h10-11,13-15H,2-9H2,1H3. The van der Waals surface area contributed by atoms with Gasteiger partial charge in [-0.3, -0.25) is 0 Å². The molecule has 0 amide bonds. The molecule has 0 heteroatoms. The number of hydrogen-bond donors (Lipinski definition) is 0. The van der Waals surface area contributed by atoms with E-state index in [1.807, 2.05) is 5.57 Å². The molecular weight excluding hydrogens is 180 g/mol. The van der Waals surface area contributed by atoms with Crippen molar-refractivity contribution in [1.82, 2.24) is 0 Å². The molecule has 3 rings (SSSR count). The molecule has 0 aliphatic heterocycles. The summed E-state index contributed by atoms with van der Waals surface area (Å²) in [7, 11) is 0. The van der Waals surface area contributed by atoms with Gasteiger partial charge in [0.05, 0.1) is 0 Å². The minimum atomic E-state index is 1.05. The van der Waals surface area contributed by atoms with Gasteiger partial charge in [-0.2, -0.15) is 0 Å². The Labute approximate surface area is 94.1 Å². The molecule has 4 unspecified atom stereocenters. The minimum Gasteiger partial charge on any atom is -0.0810 e. The Morgan fingerprint density at radius 2 is 2.00 bits per heavy atom. The third-order valence-electron chi connectivity index (χ3n) is 5.13. The van der Waals surface area contributed by atoms with E-state index in [1.165, 1.54) is 32.1 Å². The van der Waals surface area contributed by atoms with E-state index in [9.17, 15) is 0 Å². The summed E-state index contributed by atoms with van der Waals surface area (Å²) in [5.74, 6) is 4.35. The first-order valence-electron chi connectivity index (χ1n) is 7.10. The monoisotopic (exact) mass is 204 g/mol. The van der Waals surface area contributed by atoms with E-state index in [0.29, 0.717) is 0 Å². The van der Waals surface area contributed by atoms with Crippen molar-refractivity contribution >= 4 is 0 Å². The molecule has 84 valence electrons. The molecule has 0 aromatic rings. The van der Waals surface area contributed by atoms with Crippen LogP contribution in [-0.4, -0.2) is 0 Å². The van der Waals surface area contributed by atoms with Crippen LogP contribution in [-0.2, 0) is 0 Å². The van der Waals surface area contributed by atoms with Crippen molar-refractivity contribution in [3.8, 4) is 0 Å². The molecule has 2 saturated carbocycles. The fourth-order valence-corrected chi connectivity index (χ4v) is 4.37. The summed E-state index contributed by atoms with van der Waals surface area (Å²) in [4.78, 5) is 0. The third-order valence-corrected chi connectivity index (χ3v) is 5.13. The van der Waals surface area contributed by atoms with Crippen molar-refractivity contribution in [2.45, 2.75) is 58.3 Å².